The molecular weight excluding hydrogens is 276 g/mol. The summed E-state index contributed by atoms with van der Waals surface area (Å²) in [5.74, 6) is 0.563. The van der Waals surface area contributed by atoms with Gasteiger partial charge in [0.25, 0.3) is 5.91 Å². The zero-order valence-electron chi connectivity index (χ0n) is 13.4. The molecule has 0 N–H and O–H groups in total. The molecule has 0 spiro atoms. The quantitative estimate of drug-likeness (QED) is 0.804. The van der Waals surface area contributed by atoms with E-state index in [-0.39, 0.29) is 11.9 Å². The predicted octanol–water partition coefficient (Wildman–Crippen LogP) is 2.56. The Bertz CT molecular complexity index is 545. The van der Waals surface area contributed by atoms with E-state index in [4.69, 9.17) is 4.74 Å². The molecule has 1 fully saturated rings. The van der Waals surface area contributed by atoms with Crippen molar-refractivity contribution < 1.29 is 9.53 Å². The third-order valence-corrected chi connectivity index (χ3v) is 4.43. The topological polar surface area (TPSA) is 32.8 Å². The first-order chi connectivity index (χ1) is 10.7. The SMILES string of the molecule is CC(C)C1C=CCN1C(=O)c1ccc(N2CCOCC2)cc1. The summed E-state index contributed by atoms with van der Waals surface area (Å²) in [6.07, 6.45) is 4.23. The van der Waals surface area contributed by atoms with E-state index in [1.165, 1.54) is 5.69 Å². The van der Waals surface area contributed by atoms with Gasteiger partial charge in [0.15, 0.2) is 0 Å². The van der Waals surface area contributed by atoms with E-state index in [2.05, 4.69) is 30.9 Å². The smallest absolute Gasteiger partial charge is 0.254 e. The van der Waals surface area contributed by atoms with Gasteiger partial charge in [-0.2, -0.15) is 0 Å². The molecule has 22 heavy (non-hydrogen) atoms. The Morgan fingerprint density at radius 3 is 2.50 bits per heavy atom. The Hall–Kier alpha value is -1.81. The Morgan fingerprint density at radius 1 is 1.18 bits per heavy atom. The third kappa shape index (κ3) is 3.02. The van der Waals surface area contributed by atoms with E-state index in [1.807, 2.05) is 29.2 Å². The highest BCUT2D eigenvalue weighted by atomic mass is 16.5. The van der Waals surface area contributed by atoms with Crippen LogP contribution in [0.1, 0.15) is 24.2 Å². The first-order valence-corrected chi connectivity index (χ1v) is 8.07. The van der Waals surface area contributed by atoms with Crippen LogP contribution in [0.5, 0.6) is 0 Å². The molecule has 2 heterocycles. The van der Waals surface area contributed by atoms with Gasteiger partial charge in [0.05, 0.1) is 19.3 Å². The lowest BCUT2D eigenvalue weighted by molar-refractivity contribution is 0.0720. The van der Waals surface area contributed by atoms with Gasteiger partial charge in [-0.05, 0) is 30.2 Å². The highest BCUT2D eigenvalue weighted by molar-refractivity contribution is 5.95. The number of hydrogen-bond acceptors (Lipinski definition) is 3. The lowest BCUT2D eigenvalue weighted by atomic mass is 10.0. The first kappa shape index (κ1) is 15.1. The minimum Gasteiger partial charge on any atom is -0.378 e. The van der Waals surface area contributed by atoms with Gasteiger partial charge in [-0.25, -0.2) is 0 Å². The number of carbonyl (C=O) groups excluding carboxylic acids is 1. The molecule has 0 radical (unpaired) electrons. The van der Waals surface area contributed by atoms with Crippen molar-refractivity contribution in [1.29, 1.82) is 0 Å². The molecule has 1 aromatic carbocycles. The van der Waals surface area contributed by atoms with Crippen LogP contribution in [0.4, 0.5) is 5.69 Å². The number of anilines is 1. The number of amides is 1. The summed E-state index contributed by atoms with van der Waals surface area (Å²) in [6, 6.07) is 8.20. The summed E-state index contributed by atoms with van der Waals surface area (Å²) in [5.41, 5.74) is 1.94. The van der Waals surface area contributed by atoms with Crippen LogP contribution in [-0.4, -0.2) is 49.7 Å². The molecule has 0 aliphatic carbocycles. The maximum atomic E-state index is 12.7. The number of nitrogens with zero attached hydrogens (tertiary/aromatic N) is 2. The molecule has 1 saturated heterocycles. The van der Waals surface area contributed by atoms with E-state index < -0.39 is 0 Å². The Labute approximate surface area is 132 Å². The molecule has 0 bridgehead atoms. The molecule has 3 rings (SSSR count). The van der Waals surface area contributed by atoms with Crippen molar-refractivity contribution >= 4 is 11.6 Å². The summed E-state index contributed by atoms with van der Waals surface area (Å²) in [4.78, 5) is 17.0. The van der Waals surface area contributed by atoms with Gasteiger partial charge >= 0.3 is 0 Å². The van der Waals surface area contributed by atoms with Gasteiger partial charge in [0.2, 0.25) is 0 Å². The number of morpholine rings is 1. The number of hydrogen-bond donors (Lipinski definition) is 0. The van der Waals surface area contributed by atoms with Gasteiger partial charge in [0, 0.05) is 30.9 Å². The molecule has 4 heteroatoms. The second-order valence-corrected chi connectivity index (χ2v) is 6.27. The van der Waals surface area contributed by atoms with Gasteiger partial charge in [-0.3, -0.25) is 4.79 Å². The molecule has 1 amide bonds. The van der Waals surface area contributed by atoms with E-state index in [9.17, 15) is 4.79 Å². The fraction of sp³-hybridized carbons (Fsp3) is 0.500. The Balaban J connectivity index is 1.71. The Kier molecular flexibility index (Phi) is 4.48. The first-order valence-electron chi connectivity index (χ1n) is 8.07. The third-order valence-electron chi connectivity index (χ3n) is 4.43. The van der Waals surface area contributed by atoms with E-state index in [0.717, 1.165) is 31.9 Å². The number of benzene rings is 1. The summed E-state index contributed by atoms with van der Waals surface area (Å²) in [7, 11) is 0. The van der Waals surface area contributed by atoms with Crippen molar-refractivity contribution in [2.75, 3.05) is 37.7 Å². The Morgan fingerprint density at radius 2 is 1.86 bits per heavy atom. The van der Waals surface area contributed by atoms with Gasteiger partial charge in [0.1, 0.15) is 0 Å². The molecule has 0 aromatic heterocycles. The lowest BCUT2D eigenvalue weighted by Crippen LogP contribution is -2.39. The van der Waals surface area contributed by atoms with E-state index >= 15 is 0 Å². The number of rotatable bonds is 3. The summed E-state index contributed by atoms with van der Waals surface area (Å²) >= 11 is 0. The molecule has 0 saturated carbocycles. The van der Waals surface area contributed by atoms with Crippen molar-refractivity contribution in [3.63, 3.8) is 0 Å². The van der Waals surface area contributed by atoms with Gasteiger partial charge in [-0.15, -0.1) is 0 Å². The molecule has 118 valence electrons. The van der Waals surface area contributed by atoms with Crippen LogP contribution in [0.15, 0.2) is 36.4 Å². The molecule has 1 aromatic rings. The maximum Gasteiger partial charge on any atom is 0.254 e. The zero-order chi connectivity index (χ0) is 15.5. The maximum absolute atomic E-state index is 12.7. The standard InChI is InChI=1S/C18H24N2O2/c1-14(2)17-4-3-9-20(17)18(21)15-5-7-16(8-6-15)19-10-12-22-13-11-19/h3-8,14,17H,9-13H2,1-2H3. The normalized spacial score (nSPS) is 21.7. The molecule has 2 aliphatic heterocycles. The van der Waals surface area contributed by atoms with Crippen molar-refractivity contribution in [2.45, 2.75) is 19.9 Å². The summed E-state index contributed by atoms with van der Waals surface area (Å²) in [6.45, 7) is 8.40. The van der Waals surface area contributed by atoms with Crippen LogP contribution in [-0.2, 0) is 4.74 Å². The minimum atomic E-state index is 0.122. The van der Waals surface area contributed by atoms with Crippen LogP contribution in [0.25, 0.3) is 0 Å². The van der Waals surface area contributed by atoms with Crippen molar-refractivity contribution in [1.82, 2.24) is 4.90 Å². The van der Waals surface area contributed by atoms with Crippen molar-refractivity contribution in [3.8, 4) is 0 Å². The van der Waals surface area contributed by atoms with Crippen molar-refractivity contribution in [2.24, 2.45) is 5.92 Å². The summed E-state index contributed by atoms with van der Waals surface area (Å²) < 4.78 is 5.38. The summed E-state index contributed by atoms with van der Waals surface area (Å²) in [5, 5.41) is 0. The minimum absolute atomic E-state index is 0.122. The largest absolute Gasteiger partial charge is 0.378 e. The van der Waals surface area contributed by atoms with Crippen molar-refractivity contribution in [3.05, 3.63) is 42.0 Å². The number of carbonyl (C=O) groups is 1. The van der Waals surface area contributed by atoms with Crippen LogP contribution in [0, 0.1) is 5.92 Å². The monoisotopic (exact) mass is 300 g/mol. The van der Waals surface area contributed by atoms with Crippen LogP contribution < -0.4 is 4.90 Å². The molecule has 1 unspecified atom stereocenters. The van der Waals surface area contributed by atoms with Gasteiger partial charge in [-0.1, -0.05) is 26.0 Å². The number of ether oxygens (including phenoxy) is 1. The van der Waals surface area contributed by atoms with Crippen LogP contribution in [0.2, 0.25) is 0 Å². The van der Waals surface area contributed by atoms with E-state index in [0.29, 0.717) is 12.5 Å². The molecular formula is C18H24N2O2. The zero-order valence-corrected chi connectivity index (χ0v) is 13.4. The highest BCUT2D eigenvalue weighted by Gasteiger charge is 2.27. The second-order valence-electron chi connectivity index (χ2n) is 6.27. The van der Waals surface area contributed by atoms with Crippen LogP contribution >= 0.6 is 0 Å². The van der Waals surface area contributed by atoms with Gasteiger partial charge < -0.3 is 14.5 Å². The van der Waals surface area contributed by atoms with E-state index in [1.54, 1.807) is 0 Å². The second kappa shape index (κ2) is 6.53. The molecule has 4 nitrogen and oxygen atoms in total. The fourth-order valence-electron chi connectivity index (χ4n) is 3.14. The molecule has 1 atom stereocenters. The fourth-order valence-corrected chi connectivity index (χ4v) is 3.14. The lowest BCUT2D eigenvalue weighted by Gasteiger charge is -2.29. The average molecular weight is 300 g/mol. The highest BCUT2D eigenvalue weighted by Crippen LogP contribution is 2.22. The predicted molar refractivity (Wildman–Crippen MR) is 88.3 cm³/mol. The average Bonchev–Trinajstić information content (AvgIpc) is 3.05. The van der Waals surface area contributed by atoms with Crippen LogP contribution in [0.3, 0.4) is 0 Å². The molecule has 2 aliphatic rings.